The molecule has 0 aromatic carbocycles. The van der Waals surface area contributed by atoms with Crippen LogP contribution in [0.4, 0.5) is 5.82 Å². The summed E-state index contributed by atoms with van der Waals surface area (Å²) < 4.78 is 7.58. The van der Waals surface area contributed by atoms with Gasteiger partial charge in [0.2, 0.25) is 5.65 Å². The molecule has 0 saturated heterocycles. The molecular weight excluding hydrogens is 254 g/mol. The van der Waals surface area contributed by atoms with Crippen LogP contribution < -0.4 is 16.0 Å². The van der Waals surface area contributed by atoms with Crippen LogP contribution in [0.3, 0.4) is 0 Å². The third-order valence-corrected chi connectivity index (χ3v) is 3.23. The predicted octanol–water partition coefficient (Wildman–Crippen LogP) is 2.75. The summed E-state index contributed by atoms with van der Waals surface area (Å²) in [6.45, 7) is 2.89. The van der Waals surface area contributed by atoms with Gasteiger partial charge in [-0.25, -0.2) is 10.8 Å². The van der Waals surface area contributed by atoms with Gasteiger partial charge in [0.05, 0.1) is 12.8 Å². The first kappa shape index (κ1) is 14.6. The fraction of sp³-hybridized carbons (Fsp3) is 0.571. The highest BCUT2D eigenvalue weighted by molar-refractivity contribution is 5.53. The molecular formula is C14H23N5O. The summed E-state index contributed by atoms with van der Waals surface area (Å²) >= 11 is 0. The number of hydrogen-bond acceptors (Lipinski definition) is 5. The number of ether oxygens (including phenoxy) is 1. The van der Waals surface area contributed by atoms with Crippen molar-refractivity contribution < 1.29 is 4.74 Å². The highest BCUT2D eigenvalue weighted by Crippen LogP contribution is 2.18. The van der Waals surface area contributed by atoms with E-state index in [1.165, 1.54) is 32.1 Å². The van der Waals surface area contributed by atoms with Gasteiger partial charge in [-0.1, -0.05) is 39.0 Å². The molecule has 3 N–H and O–H groups in total. The summed E-state index contributed by atoms with van der Waals surface area (Å²) in [7, 11) is 0. The number of imidazole rings is 1. The van der Waals surface area contributed by atoms with Gasteiger partial charge in [0.15, 0.2) is 5.82 Å². The smallest absolute Gasteiger partial charge is 0.260 e. The van der Waals surface area contributed by atoms with Crippen molar-refractivity contribution in [1.29, 1.82) is 0 Å². The van der Waals surface area contributed by atoms with Crippen LogP contribution in [-0.4, -0.2) is 21.0 Å². The third-order valence-electron chi connectivity index (χ3n) is 3.23. The standard InChI is InChI=1S/C14H23N5O/c1-2-3-4-5-6-7-10-20-14-13-16-8-9-19(13)11-12(17-14)18-15/h8-9,11,18H,2-7,10,15H2,1H3. The van der Waals surface area contributed by atoms with Crippen LogP contribution in [0.2, 0.25) is 0 Å². The van der Waals surface area contributed by atoms with Crippen molar-refractivity contribution in [3.63, 3.8) is 0 Å². The van der Waals surface area contributed by atoms with Gasteiger partial charge >= 0.3 is 0 Å². The second-order valence-electron chi connectivity index (χ2n) is 4.85. The minimum Gasteiger partial charge on any atom is -0.475 e. The van der Waals surface area contributed by atoms with E-state index >= 15 is 0 Å². The lowest BCUT2D eigenvalue weighted by Gasteiger charge is -2.08. The van der Waals surface area contributed by atoms with E-state index in [1.807, 2.05) is 10.6 Å². The largest absolute Gasteiger partial charge is 0.475 e. The molecule has 0 fully saturated rings. The summed E-state index contributed by atoms with van der Waals surface area (Å²) in [4.78, 5) is 8.54. The van der Waals surface area contributed by atoms with Crippen molar-refractivity contribution in [2.75, 3.05) is 12.0 Å². The molecule has 110 valence electrons. The van der Waals surface area contributed by atoms with E-state index in [-0.39, 0.29) is 0 Å². The normalized spacial score (nSPS) is 10.9. The van der Waals surface area contributed by atoms with Crippen molar-refractivity contribution >= 4 is 11.5 Å². The van der Waals surface area contributed by atoms with Crippen LogP contribution >= 0.6 is 0 Å². The number of nitrogens with one attached hydrogen (secondary N) is 1. The van der Waals surface area contributed by atoms with E-state index in [4.69, 9.17) is 10.6 Å². The Kier molecular flexibility index (Phi) is 5.61. The van der Waals surface area contributed by atoms with Crippen LogP contribution in [-0.2, 0) is 0 Å². The number of nitrogen functional groups attached to an aromatic ring is 1. The van der Waals surface area contributed by atoms with Crippen molar-refractivity contribution in [3.05, 3.63) is 18.6 Å². The maximum Gasteiger partial charge on any atom is 0.260 e. The topological polar surface area (TPSA) is 77.5 Å². The summed E-state index contributed by atoms with van der Waals surface area (Å²) in [5.41, 5.74) is 3.25. The van der Waals surface area contributed by atoms with E-state index in [1.54, 1.807) is 12.4 Å². The van der Waals surface area contributed by atoms with E-state index in [9.17, 15) is 0 Å². The molecule has 20 heavy (non-hydrogen) atoms. The van der Waals surface area contributed by atoms with Crippen LogP contribution in [0.1, 0.15) is 45.4 Å². The number of aromatic nitrogens is 3. The van der Waals surface area contributed by atoms with Gasteiger partial charge in [0.25, 0.3) is 5.88 Å². The van der Waals surface area contributed by atoms with Crippen LogP contribution in [0, 0.1) is 0 Å². The lowest BCUT2D eigenvalue weighted by Crippen LogP contribution is -2.11. The Morgan fingerprint density at radius 1 is 1.25 bits per heavy atom. The Morgan fingerprint density at radius 3 is 2.85 bits per heavy atom. The zero-order valence-corrected chi connectivity index (χ0v) is 12.0. The number of hydrazine groups is 1. The first-order valence-corrected chi connectivity index (χ1v) is 7.28. The highest BCUT2D eigenvalue weighted by Gasteiger charge is 2.08. The zero-order chi connectivity index (χ0) is 14.2. The Morgan fingerprint density at radius 2 is 2.05 bits per heavy atom. The van der Waals surface area contributed by atoms with Gasteiger partial charge in [-0.05, 0) is 6.42 Å². The monoisotopic (exact) mass is 277 g/mol. The fourth-order valence-corrected chi connectivity index (χ4v) is 2.12. The van der Waals surface area contributed by atoms with E-state index in [0.717, 1.165) is 12.1 Å². The molecule has 0 atom stereocenters. The number of nitrogens with zero attached hydrogens (tertiary/aromatic N) is 3. The Labute approximate surface area is 119 Å². The maximum atomic E-state index is 5.74. The van der Waals surface area contributed by atoms with Gasteiger partial charge in [0.1, 0.15) is 0 Å². The first-order valence-electron chi connectivity index (χ1n) is 7.28. The zero-order valence-electron chi connectivity index (χ0n) is 12.0. The van der Waals surface area contributed by atoms with Gasteiger partial charge in [0, 0.05) is 12.4 Å². The van der Waals surface area contributed by atoms with Gasteiger partial charge in [-0.3, -0.25) is 4.40 Å². The van der Waals surface area contributed by atoms with E-state index in [0.29, 0.717) is 18.3 Å². The molecule has 2 heterocycles. The van der Waals surface area contributed by atoms with E-state index < -0.39 is 0 Å². The highest BCUT2D eigenvalue weighted by atomic mass is 16.5. The van der Waals surface area contributed by atoms with E-state index in [2.05, 4.69) is 22.3 Å². The summed E-state index contributed by atoms with van der Waals surface area (Å²) in [6, 6.07) is 0. The Hall–Kier alpha value is -1.82. The molecule has 2 aromatic rings. The molecule has 2 aromatic heterocycles. The number of fused-ring (bicyclic) bond motifs is 1. The molecule has 6 heteroatoms. The van der Waals surface area contributed by atoms with Crippen molar-refractivity contribution in [3.8, 4) is 5.88 Å². The molecule has 0 amide bonds. The minimum absolute atomic E-state index is 0.527. The minimum atomic E-state index is 0.527. The van der Waals surface area contributed by atoms with Crippen LogP contribution in [0.5, 0.6) is 5.88 Å². The molecule has 0 bridgehead atoms. The molecule has 2 rings (SSSR count). The molecule has 0 aliphatic heterocycles. The lowest BCUT2D eigenvalue weighted by molar-refractivity contribution is 0.295. The number of rotatable bonds is 9. The average Bonchev–Trinajstić information content (AvgIpc) is 2.94. The Balaban J connectivity index is 1.84. The summed E-state index contributed by atoms with van der Waals surface area (Å²) in [6.07, 6.45) is 12.8. The first-order chi connectivity index (χ1) is 9.85. The number of unbranched alkanes of at least 4 members (excludes halogenated alkanes) is 5. The quantitative estimate of drug-likeness (QED) is 0.418. The van der Waals surface area contributed by atoms with Gasteiger partial charge in [-0.15, -0.1) is 0 Å². The number of hydrogen-bond donors (Lipinski definition) is 2. The second-order valence-corrected chi connectivity index (χ2v) is 4.85. The molecule has 0 aliphatic carbocycles. The van der Waals surface area contributed by atoms with Crippen molar-refractivity contribution in [2.45, 2.75) is 45.4 Å². The number of nitrogens with two attached hydrogens (primary N) is 1. The second kappa shape index (κ2) is 7.69. The molecule has 0 radical (unpaired) electrons. The molecule has 0 saturated carbocycles. The Bertz CT molecular complexity index is 525. The summed E-state index contributed by atoms with van der Waals surface area (Å²) in [5, 5.41) is 0. The molecule has 0 spiro atoms. The third kappa shape index (κ3) is 3.84. The lowest BCUT2D eigenvalue weighted by atomic mass is 10.1. The predicted molar refractivity (Wildman–Crippen MR) is 79.7 cm³/mol. The SMILES string of the molecule is CCCCCCCCOc1nc(NN)cn2ccnc12. The maximum absolute atomic E-state index is 5.74. The van der Waals surface area contributed by atoms with Crippen LogP contribution in [0.15, 0.2) is 18.6 Å². The molecule has 6 nitrogen and oxygen atoms in total. The summed E-state index contributed by atoms with van der Waals surface area (Å²) in [5.74, 6) is 6.49. The van der Waals surface area contributed by atoms with Gasteiger partial charge in [-0.2, -0.15) is 4.98 Å². The fourth-order valence-electron chi connectivity index (χ4n) is 2.12. The van der Waals surface area contributed by atoms with Gasteiger partial charge < -0.3 is 10.2 Å². The molecule has 0 aliphatic rings. The molecule has 0 unspecified atom stereocenters. The van der Waals surface area contributed by atoms with Crippen molar-refractivity contribution in [2.24, 2.45) is 5.84 Å². The van der Waals surface area contributed by atoms with Crippen LogP contribution in [0.25, 0.3) is 5.65 Å². The average molecular weight is 277 g/mol. The number of anilines is 1. The van der Waals surface area contributed by atoms with Crippen molar-refractivity contribution in [1.82, 2.24) is 14.4 Å².